The van der Waals surface area contributed by atoms with Gasteiger partial charge in [0.05, 0.1) is 11.6 Å². The minimum Gasteiger partial charge on any atom is -0.294 e. The molecule has 0 amide bonds. The smallest absolute Gasteiger partial charge is 0.231 e. The van der Waals surface area contributed by atoms with Gasteiger partial charge in [-0.1, -0.05) is 18.2 Å². The van der Waals surface area contributed by atoms with Crippen LogP contribution in [0.4, 0.5) is 0 Å². The maximum absolute atomic E-state index is 12.6. The zero-order valence-corrected chi connectivity index (χ0v) is 11.5. The summed E-state index contributed by atoms with van der Waals surface area (Å²) in [5.41, 5.74) is 3.91. The number of rotatable bonds is 0. The van der Waals surface area contributed by atoms with Crippen LogP contribution in [0.25, 0.3) is 10.9 Å². The Morgan fingerprint density at radius 3 is 3.00 bits per heavy atom. The zero-order chi connectivity index (χ0) is 13.3. The maximum atomic E-state index is 12.6. The van der Waals surface area contributed by atoms with E-state index in [-0.39, 0.29) is 0 Å². The van der Waals surface area contributed by atoms with Crippen molar-refractivity contribution < 1.29 is 4.79 Å². The summed E-state index contributed by atoms with van der Waals surface area (Å²) in [7, 11) is 0. The number of nitrogens with zero attached hydrogens (tertiary/aromatic N) is 2. The van der Waals surface area contributed by atoms with E-state index < -0.39 is 0 Å². The van der Waals surface area contributed by atoms with Gasteiger partial charge in [-0.25, -0.2) is 0 Å². The van der Waals surface area contributed by atoms with Crippen molar-refractivity contribution in [3.63, 3.8) is 0 Å². The van der Waals surface area contributed by atoms with Crippen LogP contribution in [0.3, 0.4) is 0 Å². The molecular formula is C17H18N2O. The van der Waals surface area contributed by atoms with Crippen molar-refractivity contribution in [2.45, 2.75) is 31.7 Å². The highest BCUT2D eigenvalue weighted by Gasteiger charge is 2.44. The van der Waals surface area contributed by atoms with Crippen LogP contribution < -0.4 is 0 Å². The lowest BCUT2D eigenvalue weighted by molar-refractivity contribution is 0.0478. The van der Waals surface area contributed by atoms with Crippen LogP contribution >= 0.6 is 0 Å². The Labute approximate surface area is 118 Å². The summed E-state index contributed by atoms with van der Waals surface area (Å²) in [5.74, 6) is 0.861. The molecule has 1 saturated heterocycles. The number of para-hydroxylation sites is 1. The molecule has 0 radical (unpaired) electrons. The summed E-state index contributed by atoms with van der Waals surface area (Å²) < 4.78 is 2.04. The van der Waals surface area contributed by atoms with Gasteiger partial charge in [0.2, 0.25) is 5.91 Å². The Bertz CT molecular complexity index is 730. The van der Waals surface area contributed by atoms with Crippen LogP contribution in [0.5, 0.6) is 0 Å². The second-order valence-electron chi connectivity index (χ2n) is 6.45. The Balaban J connectivity index is 1.88. The van der Waals surface area contributed by atoms with Crippen LogP contribution in [0, 0.1) is 5.92 Å². The van der Waals surface area contributed by atoms with Crippen molar-refractivity contribution in [2.75, 3.05) is 13.1 Å². The maximum Gasteiger partial charge on any atom is 0.231 e. The van der Waals surface area contributed by atoms with E-state index in [1.54, 1.807) is 0 Å². The molecule has 2 atom stereocenters. The molecule has 2 aromatic rings. The molecule has 0 saturated carbocycles. The lowest BCUT2D eigenvalue weighted by Crippen LogP contribution is -2.47. The molecule has 0 spiro atoms. The molecule has 102 valence electrons. The molecule has 1 aromatic carbocycles. The first kappa shape index (κ1) is 11.1. The summed E-state index contributed by atoms with van der Waals surface area (Å²) in [4.78, 5) is 15.3. The molecular weight excluding hydrogens is 248 g/mol. The second-order valence-corrected chi connectivity index (χ2v) is 6.45. The molecule has 3 aliphatic rings. The molecule has 0 bridgehead atoms. The highest BCUT2D eigenvalue weighted by atomic mass is 16.2. The summed E-state index contributed by atoms with van der Waals surface area (Å²) >= 11 is 0. The minimum absolute atomic E-state index is 0.312. The number of hydrogen-bond donors (Lipinski definition) is 0. The van der Waals surface area contributed by atoms with E-state index in [0.29, 0.717) is 17.9 Å². The quantitative estimate of drug-likeness (QED) is 0.732. The fraction of sp³-hybridized carbons (Fsp3) is 0.471. The van der Waals surface area contributed by atoms with E-state index in [1.165, 1.54) is 36.0 Å². The van der Waals surface area contributed by atoms with Crippen molar-refractivity contribution in [1.82, 2.24) is 9.47 Å². The molecule has 20 heavy (non-hydrogen) atoms. The van der Waals surface area contributed by atoms with E-state index in [4.69, 9.17) is 0 Å². The lowest BCUT2D eigenvalue weighted by Gasteiger charge is -2.46. The molecule has 5 rings (SSSR count). The Morgan fingerprint density at radius 1 is 1.15 bits per heavy atom. The van der Waals surface area contributed by atoms with Gasteiger partial charge in [0.25, 0.3) is 0 Å². The number of carbonyl (C=O) groups is 1. The van der Waals surface area contributed by atoms with Crippen LogP contribution in [0.15, 0.2) is 24.3 Å². The molecule has 1 aromatic heterocycles. The van der Waals surface area contributed by atoms with Crippen LogP contribution in [-0.4, -0.2) is 28.5 Å². The van der Waals surface area contributed by atoms with E-state index >= 15 is 0 Å². The standard InChI is InChI=1S/C17H18N2O/c20-15-10-11-4-3-8-18-9-7-13-12-5-1-2-6-14(12)19(15)17(13)16(11)18/h1-2,5-6,11,16H,3-4,7-10H2/t11-,16-/m0/s1. The fourth-order valence-electron chi connectivity index (χ4n) is 4.75. The van der Waals surface area contributed by atoms with Gasteiger partial charge in [0.1, 0.15) is 0 Å². The summed E-state index contributed by atoms with van der Waals surface area (Å²) in [6.07, 6.45) is 4.30. The number of piperidine rings is 1. The number of fused-ring (bicyclic) bond motifs is 3. The molecule has 3 nitrogen and oxygen atoms in total. The van der Waals surface area contributed by atoms with Gasteiger partial charge in [-0.05, 0) is 43.4 Å². The monoisotopic (exact) mass is 266 g/mol. The van der Waals surface area contributed by atoms with Crippen LogP contribution in [0.1, 0.15) is 41.4 Å². The van der Waals surface area contributed by atoms with Gasteiger partial charge in [0, 0.05) is 24.0 Å². The van der Waals surface area contributed by atoms with Gasteiger partial charge in [-0.15, -0.1) is 0 Å². The zero-order valence-electron chi connectivity index (χ0n) is 11.5. The molecule has 3 aliphatic heterocycles. The first-order valence-electron chi connectivity index (χ1n) is 7.74. The van der Waals surface area contributed by atoms with Crippen molar-refractivity contribution in [3.8, 4) is 0 Å². The van der Waals surface area contributed by atoms with E-state index in [0.717, 1.165) is 24.9 Å². The largest absolute Gasteiger partial charge is 0.294 e. The predicted molar refractivity (Wildman–Crippen MR) is 77.9 cm³/mol. The van der Waals surface area contributed by atoms with Gasteiger partial charge >= 0.3 is 0 Å². The molecule has 3 heteroatoms. The highest BCUT2D eigenvalue weighted by molar-refractivity contribution is 5.97. The first-order valence-corrected chi connectivity index (χ1v) is 7.74. The van der Waals surface area contributed by atoms with E-state index in [9.17, 15) is 4.79 Å². The summed E-state index contributed by atoms with van der Waals surface area (Å²) in [6.45, 7) is 2.37. The first-order chi connectivity index (χ1) is 9.84. The summed E-state index contributed by atoms with van der Waals surface area (Å²) in [6, 6.07) is 8.95. The second kappa shape index (κ2) is 3.73. The SMILES string of the molecule is O=C1C[C@@H]2CCCN3CCc4c(n1c1ccccc41)[C@H]23. The van der Waals surface area contributed by atoms with Crippen LogP contribution in [0.2, 0.25) is 0 Å². The highest BCUT2D eigenvalue weighted by Crippen LogP contribution is 2.48. The van der Waals surface area contributed by atoms with Crippen molar-refractivity contribution >= 4 is 16.8 Å². The van der Waals surface area contributed by atoms with Crippen molar-refractivity contribution in [3.05, 3.63) is 35.5 Å². The summed E-state index contributed by atoms with van der Waals surface area (Å²) in [5, 5.41) is 1.31. The number of hydrogen-bond acceptors (Lipinski definition) is 2. The molecule has 4 heterocycles. The fourth-order valence-corrected chi connectivity index (χ4v) is 4.75. The van der Waals surface area contributed by atoms with E-state index in [1.807, 2.05) is 4.57 Å². The van der Waals surface area contributed by atoms with Gasteiger partial charge in [-0.3, -0.25) is 14.3 Å². The predicted octanol–water partition coefficient (Wildman–Crippen LogP) is 2.99. The Morgan fingerprint density at radius 2 is 2.05 bits per heavy atom. The van der Waals surface area contributed by atoms with E-state index in [2.05, 4.69) is 29.2 Å². The third-order valence-electron chi connectivity index (χ3n) is 5.50. The number of aromatic nitrogens is 1. The number of benzene rings is 1. The van der Waals surface area contributed by atoms with Crippen LogP contribution in [-0.2, 0) is 6.42 Å². The third-order valence-corrected chi connectivity index (χ3v) is 5.50. The molecule has 0 unspecified atom stereocenters. The van der Waals surface area contributed by atoms with Gasteiger partial charge < -0.3 is 0 Å². The Kier molecular flexibility index (Phi) is 2.07. The van der Waals surface area contributed by atoms with Gasteiger partial charge in [0.15, 0.2) is 0 Å². The lowest BCUT2D eigenvalue weighted by atomic mass is 9.79. The van der Waals surface area contributed by atoms with Gasteiger partial charge in [-0.2, -0.15) is 0 Å². The van der Waals surface area contributed by atoms with Crippen molar-refractivity contribution in [1.29, 1.82) is 0 Å². The Hall–Kier alpha value is -1.61. The minimum atomic E-state index is 0.312. The number of carbonyl (C=O) groups excluding carboxylic acids is 1. The molecule has 0 aliphatic carbocycles. The normalized spacial score (nSPS) is 28.7. The average molecular weight is 266 g/mol. The molecule has 0 N–H and O–H groups in total. The molecule has 1 fully saturated rings. The third kappa shape index (κ3) is 1.22. The average Bonchev–Trinajstić information content (AvgIpc) is 2.82. The van der Waals surface area contributed by atoms with Crippen molar-refractivity contribution in [2.24, 2.45) is 5.92 Å². The topological polar surface area (TPSA) is 25.2 Å².